The molecular weight excluding hydrogens is 232 g/mol. The molecule has 0 aliphatic carbocycles. The lowest BCUT2D eigenvalue weighted by Crippen LogP contribution is -2.43. The summed E-state index contributed by atoms with van der Waals surface area (Å²) in [6.07, 6.45) is 3.54. The Hall–Kier alpha value is -1.89. The third kappa shape index (κ3) is 3.56. The number of nitrogens with one attached hydrogen (secondary N) is 1. The molecule has 2 rings (SSSR count). The van der Waals surface area contributed by atoms with Crippen molar-refractivity contribution >= 4 is 17.7 Å². The predicted molar refractivity (Wildman–Crippen MR) is 68.7 cm³/mol. The summed E-state index contributed by atoms with van der Waals surface area (Å²) in [5.74, 6) is 0.743. The first kappa shape index (κ1) is 12.6. The van der Waals surface area contributed by atoms with Gasteiger partial charge in [-0.3, -0.25) is 9.69 Å². The Bertz CT molecular complexity index is 416. The van der Waals surface area contributed by atoms with Crippen molar-refractivity contribution in [1.29, 1.82) is 0 Å². The van der Waals surface area contributed by atoms with Crippen LogP contribution in [0.5, 0.6) is 0 Å². The Labute approximate surface area is 106 Å². The van der Waals surface area contributed by atoms with Crippen molar-refractivity contribution in [2.24, 2.45) is 5.73 Å². The maximum Gasteiger partial charge on any atom is 0.231 e. The maximum atomic E-state index is 10.8. The van der Waals surface area contributed by atoms with Gasteiger partial charge >= 0.3 is 0 Å². The van der Waals surface area contributed by atoms with Crippen LogP contribution < -0.4 is 16.8 Å². The zero-order valence-electron chi connectivity index (χ0n) is 10.2. The molecule has 0 radical (unpaired) electrons. The minimum Gasteiger partial charge on any atom is -0.369 e. The molecule has 7 heteroatoms. The van der Waals surface area contributed by atoms with Crippen LogP contribution in [0.25, 0.3) is 0 Å². The van der Waals surface area contributed by atoms with Gasteiger partial charge in [0, 0.05) is 25.3 Å². The third-order valence-electron chi connectivity index (χ3n) is 2.99. The molecule has 1 aliphatic heterocycles. The number of carbonyl (C=O) groups excluding carboxylic acids is 1. The van der Waals surface area contributed by atoms with Crippen LogP contribution in [0.3, 0.4) is 0 Å². The highest BCUT2D eigenvalue weighted by atomic mass is 16.1. The monoisotopic (exact) mass is 250 g/mol. The molecule has 2 heterocycles. The van der Waals surface area contributed by atoms with Crippen LogP contribution in [0.2, 0.25) is 0 Å². The lowest BCUT2D eigenvalue weighted by atomic mass is 10.1. The summed E-state index contributed by atoms with van der Waals surface area (Å²) in [6.45, 7) is 2.06. The number of likely N-dealkylation sites (tertiary alicyclic amines) is 1. The number of aromatic nitrogens is 2. The van der Waals surface area contributed by atoms with E-state index in [9.17, 15) is 4.79 Å². The molecule has 0 unspecified atom stereocenters. The van der Waals surface area contributed by atoms with Gasteiger partial charge in [0.25, 0.3) is 0 Å². The SMILES string of the molecule is NC(=O)CN1CCC(Nc2ccnc(N)n2)CC1. The zero-order valence-corrected chi connectivity index (χ0v) is 10.2. The number of nitrogens with zero attached hydrogens (tertiary/aromatic N) is 3. The van der Waals surface area contributed by atoms with E-state index in [1.54, 1.807) is 12.3 Å². The summed E-state index contributed by atoms with van der Waals surface area (Å²) in [7, 11) is 0. The third-order valence-corrected chi connectivity index (χ3v) is 2.99. The average Bonchev–Trinajstić information content (AvgIpc) is 2.31. The summed E-state index contributed by atoms with van der Waals surface area (Å²) in [5, 5.41) is 3.32. The van der Waals surface area contributed by atoms with E-state index in [2.05, 4.69) is 20.2 Å². The standard InChI is InChI=1S/C11H18N6O/c12-9(18)7-17-5-2-8(3-6-17)15-10-1-4-14-11(13)16-10/h1,4,8H,2-3,5-7H2,(H2,12,18)(H3,13,14,15,16). The van der Waals surface area contributed by atoms with Crippen molar-refractivity contribution in [1.82, 2.24) is 14.9 Å². The van der Waals surface area contributed by atoms with E-state index in [0.29, 0.717) is 12.6 Å². The summed E-state index contributed by atoms with van der Waals surface area (Å²) >= 11 is 0. The van der Waals surface area contributed by atoms with Crippen LogP contribution >= 0.6 is 0 Å². The van der Waals surface area contributed by atoms with Gasteiger partial charge < -0.3 is 16.8 Å². The van der Waals surface area contributed by atoms with Gasteiger partial charge in [-0.15, -0.1) is 0 Å². The Kier molecular flexibility index (Phi) is 3.93. The number of amides is 1. The molecule has 18 heavy (non-hydrogen) atoms. The quantitative estimate of drug-likeness (QED) is 0.659. The van der Waals surface area contributed by atoms with Crippen LogP contribution in [-0.4, -0.2) is 46.5 Å². The Morgan fingerprint density at radius 3 is 2.83 bits per heavy atom. The molecule has 1 fully saturated rings. The van der Waals surface area contributed by atoms with Gasteiger partial charge in [-0.05, 0) is 18.9 Å². The first-order valence-electron chi connectivity index (χ1n) is 5.99. The van der Waals surface area contributed by atoms with E-state index in [4.69, 9.17) is 11.5 Å². The normalized spacial score (nSPS) is 17.6. The molecule has 1 amide bonds. The summed E-state index contributed by atoms with van der Waals surface area (Å²) < 4.78 is 0. The number of piperidine rings is 1. The van der Waals surface area contributed by atoms with Crippen LogP contribution in [-0.2, 0) is 4.79 Å². The summed E-state index contributed by atoms with van der Waals surface area (Å²) in [5.41, 5.74) is 10.7. The molecule has 5 N–H and O–H groups in total. The second kappa shape index (κ2) is 5.63. The van der Waals surface area contributed by atoms with Crippen LogP contribution in [0.4, 0.5) is 11.8 Å². The van der Waals surface area contributed by atoms with Crippen LogP contribution in [0.15, 0.2) is 12.3 Å². The number of hydrogen-bond acceptors (Lipinski definition) is 6. The number of hydrogen-bond donors (Lipinski definition) is 3. The van der Waals surface area contributed by atoms with Gasteiger partial charge in [0.2, 0.25) is 11.9 Å². The van der Waals surface area contributed by atoms with Crippen molar-refractivity contribution < 1.29 is 4.79 Å². The maximum absolute atomic E-state index is 10.8. The van der Waals surface area contributed by atoms with E-state index >= 15 is 0 Å². The highest BCUT2D eigenvalue weighted by Gasteiger charge is 2.20. The second-order valence-electron chi connectivity index (χ2n) is 4.46. The van der Waals surface area contributed by atoms with Gasteiger partial charge in [-0.2, -0.15) is 4.98 Å². The molecule has 1 aromatic heterocycles. The van der Waals surface area contributed by atoms with Gasteiger partial charge in [0.05, 0.1) is 6.54 Å². The molecule has 7 nitrogen and oxygen atoms in total. The van der Waals surface area contributed by atoms with Crippen LogP contribution in [0.1, 0.15) is 12.8 Å². The van der Waals surface area contributed by atoms with E-state index in [0.717, 1.165) is 31.7 Å². The first-order valence-corrected chi connectivity index (χ1v) is 5.99. The topological polar surface area (TPSA) is 110 Å². The van der Waals surface area contributed by atoms with E-state index in [1.165, 1.54) is 0 Å². The fourth-order valence-electron chi connectivity index (χ4n) is 2.12. The van der Waals surface area contributed by atoms with E-state index < -0.39 is 0 Å². The van der Waals surface area contributed by atoms with Gasteiger partial charge in [0.15, 0.2) is 0 Å². The smallest absolute Gasteiger partial charge is 0.231 e. The molecule has 0 spiro atoms. The highest BCUT2D eigenvalue weighted by molar-refractivity contribution is 5.75. The lowest BCUT2D eigenvalue weighted by Gasteiger charge is -2.31. The zero-order chi connectivity index (χ0) is 13.0. The minimum absolute atomic E-state index is 0.270. The molecule has 1 aliphatic rings. The molecule has 0 aromatic carbocycles. The number of rotatable bonds is 4. The van der Waals surface area contributed by atoms with Crippen molar-refractivity contribution in [2.45, 2.75) is 18.9 Å². The van der Waals surface area contributed by atoms with Gasteiger partial charge in [-0.1, -0.05) is 0 Å². The Morgan fingerprint density at radius 1 is 1.50 bits per heavy atom. The van der Waals surface area contributed by atoms with Crippen molar-refractivity contribution in [3.05, 3.63) is 12.3 Å². The van der Waals surface area contributed by atoms with Crippen molar-refractivity contribution in [3.63, 3.8) is 0 Å². The summed E-state index contributed by atoms with van der Waals surface area (Å²) in [4.78, 5) is 20.8. The molecule has 98 valence electrons. The van der Waals surface area contributed by atoms with Gasteiger partial charge in [0.1, 0.15) is 5.82 Å². The number of primary amides is 1. The predicted octanol–water partition coefficient (Wildman–Crippen LogP) is -0.580. The second-order valence-corrected chi connectivity index (χ2v) is 4.46. The minimum atomic E-state index is -0.273. The number of anilines is 2. The molecule has 0 atom stereocenters. The molecular formula is C11H18N6O. The molecule has 0 saturated carbocycles. The number of carbonyl (C=O) groups is 1. The van der Waals surface area contributed by atoms with Crippen LogP contribution in [0, 0.1) is 0 Å². The van der Waals surface area contributed by atoms with E-state index in [-0.39, 0.29) is 11.9 Å². The highest BCUT2D eigenvalue weighted by Crippen LogP contribution is 2.14. The lowest BCUT2D eigenvalue weighted by molar-refractivity contribution is -0.119. The fraction of sp³-hybridized carbons (Fsp3) is 0.545. The van der Waals surface area contributed by atoms with Gasteiger partial charge in [-0.25, -0.2) is 4.98 Å². The summed E-state index contributed by atoms with van der Waals surface area (Å²) in [6, 6.07) is 2.15. The molecule has 1 saturated heterocycles. The fourth-order valence-corrected chi connectivity index (χ4v) is 2.12. The Balaban J connectivity index is 1.81. The molecule has 1 aromatic rings. The number of nitrogen functional groups attached to an aromatic ring is 1. The van der Waals surface area contributed by atoms with Crippen molar-refractivity contribution in [2.75, 3.05) is 30.7 Å². The molecule has 0 bridgehead atoms. The largest absolute Gasteiger partial charge is 0.369 e. The number of nitrogens with two attached hydrogens (primary N) is 2. The average molecular weight is 250 g/mol. The van der Waals surface area contributed by atoms with Crippen molar-refractivity contribution in [3.8, 4) is 0 Å². The van der Waals surface area contributed by atoms with E-state index in [1.807, 2.05) is 0 Å². The first-order chi connectivity index (χ1) is 8.63. The Morgan fingerprint density at radius 2 is 2.22 bits per heavy atom.